The molecule has 0 aromatic carbocycles. The Balaban J connectivity index is -0.000000444. The summed E-state index contributed by atoms with van der Waals surface area (Å²) in [5, 5.41) is 8.92. The van der Waals surface area contributed by atoms with E-state index in [1.807, 2.05) is 34.6 Å². The van der Waals surface area contributed by atoms with Crippen LogP contribution in [0.4, 0.5) is 0 Å². The second-order valence-corrected chi connectivity index (χ2v) is 7.16. The van der Waals surface area contributed by atoms with Gasteiger partial charge in [0.2, 0.25) is 5.91 Å². The Bertz CT molecular complexity index is 541. The van der Waals surface area contributed by atoms with E-state index < -0.39 is 0 Å². The summed E-state index contributed by atoms with van der Waals surface area (Å²) in [6.45, 7) is 16.9. The van der Waals surface area contributed by atoms with Gasteiger partial charge in [-0.1, -0.05) is 54.9 Å². The molecule has 1 aliphatic rings. The maximum Gasteiger partial charge on any atom is 0.226 e. The highest BCUT2D eigenvalue weighted by atomic mass is 16.2. The van der Waals surface area contributed by atoms with E-state index in [1.54, 1.807) is 4.90 Å². The monoisotopic (exact) mass is 440 g/mol. The van der Waals surface area contributed by atoms with Gasteiger partial charge in [0, 0.05) is 19.0 Å². The van der Waals surface area contributed by atoms with Crippen molar-refractivity contribution in [3.05, 3.63) is 0 Å². The molecule has 0 aliphatic carbocycles. The van der Waals surface area contributed by atoms with E-state index in [-0.39, 0.29) is 35.7 Å². The number of carbonyl (C=O) groups excluding carboxylic acids is 2. The van der Waals surface area contributed by atoms with Crippen LogP contribution in [0.1, 0.15) is 87.5 Å². The fourth-order valence-electron chi connectivity index (χ4n) is 2.75. The summed E-state index contributed by atoms with van der Waals surface area (Å²) in [7, 11) is 0. The third-order valence-corrected chi connectivity index (χ3v) is 5.06. The molecule has 8 heteroatoms. The van der Waals surface area contributed by atoms with Crippen molar-refractivity contribution < 1.29 is 9.59 Å². The highest BCUT2D eigenvalue weighted by Gasteiger charge is 2.32. The number of amides is 1. The maximum atomic E-state index is 12.1. The summed E-state index contributed by atoms with van der Waals surface area (Å²) >= 11 is 0. The summed E-state index contributed by atoms with van der Waals surface area (Å²) in [5.74, 6) is 0.681. The predicted molar refractivity (Wildman–Crippen MR) is 130 cm³/mol. The lowest BCUT2D eigenvalue weighted by molar-refractivity contribution is -0.136. The molecule has 1 rings (SSSR count). The summed E-state index contributed by atoms with van der Waals surface area (Å²) < 4.78 is 0. The molecule has 1 fully saturated rings. The van der Waals surface area contributed by atoms with Gasteiger partial charge in [-0.3, -0.25) is 14.6 Å². The summed E-state index contributed by atoms with van der Waals surface area (Å²) in [6.07, 6.45) is 4.19. The molecular weight excluding hydrogens is 392 g/mol. The Labute approximate surface area is 190 Å². The molecule has 6 N–H and O–H groups in total. The van der Waals surface area contributed by atoms with Crippen molar-refractivity contribution in [3.8, 4) is 6.07 Å². The Hall–Kier alpha value is -2.14. The Morgan fingerprint density at radius 3 is 2.16 bits per heavy atom. The number of rotatable bonds is 8. The van der Waals surface area contributed by atoms with E-state index in [2.05, 4.69) is 24.9 Å². The molecular formula is C23H48N6O2. The molecule has 0 spiro atoms. The van der Waals surface area contributed by atoms with Gasteiger partial charge in [-0.15, -0.1) is 0 Å². The average molecular weight is 441 g/mol. The molecule has 4 atom stereocenters. The first-order valence-electron chi connectivity index (χ1n) is 11.7. The van der Waals surface area contributed by atoms with Crippen molar-refractivity contribution in [3.63, 3.8) is 0 Å². The number of hydrogen-bond acceptors (Lipinski definition) is 5. The van der Waals surface area contributed by atoms with Crippen molar-refractivity contribution in [2.75, 3.05) is 13.1 Å². The van der Waals surface area contributed by atoms with Crippen LogP contribution in [0, 0.1) is 23.2 Å². The first-order chi connectivity index (χ1) is 14.6. The van der Waals surface area contributed by atoms with Crippen molar-refractivity contribution in [1.82, 2.24) is 4.90 Å². The van der Waals surface area contributed by atoms with Gasteiger partial charge in [0.25, 0.3) is 0 Å². The molecule has 0 radical (unpaired) electrons. The Morgan fingerprint density at radius 1 is 1.19 bits per heavy atom. The van der Waals surface area contributed by atoms with E-state index in [0.29, 0.717) is 18.9 Å². The number of Topliss-reactive ketones (excluding diaryl/α,β-unsaturated/α-hetero) is 1. The van der Waals surface area contributed by atoms with E-state index in [1.165, 1.54) is 6.92 Å². The third kappa shape index (κ3) is 15.3. The van der Waals surface area contributed by atoms with Crippen LogP contribution < -0.4 is 17.2 Å². The van der Waals surface area contributed by atoms with Crippen LogP contribution in [0.3, 0.4) is 0 Å². The normalized spacial score (nSPS) is 17.0. The fourth-order valence-corrected chi connectivity index (χ4v) is 2.75. The number of nitriles is 1. The molecule has 0 aromatic rings. The van der Waals surface area contributed by atoms with Crippen molar-refractivity contribution in [1.29, 1.82) is 5.26 Å². The minimum Gasteiger partial charge on any atom is -0.370 e. The average Bonchev–Trinajstić information content (AvgIpc) is 3.26. The number of ketones is 1. The number of hydrogen-bond donors (Lipinski definition) is 3. The number of nitrogens with two attached hydrogens (primary N) is 3. The molecule has 182 valence electrons. The number of carbonyl (C=O) groups is 2. The zero-order chi connectivity index (χ0) is 25.0. The molecule has 0 bridgehead atoms. The largest absolute Gasteiger partial charge is 0.370 e. The second kappa shape index (κ2) is 21.1. The number of nitrogens with zero attached hydrogens (tertiary/aromatic N) is 3. The molecule has 31 heavy (non-hydrogen) atoms. The zero-order valence-corrected chi connectivity index (χ0v) is 21.1. The van der Waals surface area contributed by atoms with Gasteiger partial charge in [-0.2, -0.15) is 5.26 Å². The van der Waals surface area contributed by atoms with E-state index in [0.717, 1.165) is 32.2 Å². The number of aliphatic imine (C=N–C) groups is 1. The lowest BCUT2D eigenvalue weighted by atomic mass is 9.92. The highest BCUT2D eigenvalue weighted by molar-refractivity contribution is 5.81. The standard InChI is InChI=1S/C12H20N2O.C7H16N4O.2C2H6/c1-4-9(2)10(3)12(15)14-7-5-6-11(14)8-13;1-5(12)6(8)3-2-4-11-7(9)10;2*1-2/h9-11H,4-7H2,1-3H3;6H,2-4,8H2,1H3,(H4,9,10,11);2*1-2H3. The van der Waals surface area contributed by atoms with Crippen LogP contribution in [-0.2, 0) is 9.59 Å². The van der Waals surface area contributed by atoms with Crippen LogP contribution in [0.5, 0.6) is 0 Å². The lowest BCUT2D eigenvalue weighted by Gasteiger charge is -2.26. The smallest absolute Gasteiger partial charge is 0.226 e. The first-order valence-corrected chi connectivity index (χ1v) is 11.7. The molecule has 0 aromatic heterocycles. The van der Waals surface area contributed by atoms with Crippen LogP contribution in [0.15, 0.2) is 4.99 Å². The van der Waals surface area contributed by atoms with Gasteiger partial charge in [0.15, 0.2) is 5.96 Å². The van der Waals surface area contributed by atoms with Crippen molar-refractivity contribution in [2.24, 2.45) is 34.0 Å². The second-order valence-electron chi connectivity index (χ2n) is 7.16. The summed E-state index contributed by atoms with van der Waals surface area (Å²) in [4.78, 5) is 28.3. The van der Waals surface area contributed by atoms with Gasteiger partial charge < -0.3 is 22.1 Å². The van der Waals surface area contributed by atoms with E-state index >= 15 is 0 Å². The SMILES string of the molecule is CC.CC.CC(=O)C(N)CCCN=C(N)N.CCC(C)C(C)C(=O)N1CCCC1C#N. The molecule has 1 heterocycles. The minimum absolute atomic E-state index is 0.000278. The fraction of sp³-hybridized carbons (Fsp3) is 0.826. The van der Waals surface area contributed by atoms with Gasteiger partial charge in [-0.25, -0.2) is 0 Å². The van der Waals surface area contributed by atoms with Gasteiger partial charge in [-0.05, 0) is 38.5 Å². The van der Waals surface area contributed by atoms with E-state index in [9.17, 15) is 9.59 Å². The molecule has 1 amide bonds. The number of likely N-dealkylation sites (tertiary alicyclic amines) is 1. The summed E-state index contributed by atoms with van der Waals surface area (Å²) in [6, 6.07) is 1.66. The predicted octanol–water partition coefficient (Wildman–Crippen LogP) is 3.19. The van der Waals surface area contributed by atoms with Crippen LogP contribution in [0.2, 0.25) is 0 Å². The quantitative estimate of drug-likeness (QED) is 0.299. The molecule has 1 aliphatic heterocycles. The topological polar surface area (TPSA) is 152 Å². The van der Waals surface area contributed by atoms with Crippen LogP contribution >= 0.6 is 0 Å². The van der Waals surface area contributed by atoms with E-state index in [4.69, 9.17) is 22.5 Å². The number of guanidine groups is 1. The Morgan fingerprint density at radius 2 is 1.74 bits per heavy atom. The molecule has 4 unspecified atom stereocenters. The van der Waals surface area contributed by atoms with Gasteiger partial charge in [0.1, 0.15) is 11.8 Å². The highest BCUT2D eigenvalue weighted by Crippen LogP contribution is 2.23. The Kier molecular flexibility index (Phi) is 22.8. The first kappa shape index (κ1) is 33.5. The van der Waals surface area contributed by atoms with Crippen molar-refractivity contribution >= 4 is 17.6 Å². The lowest BCUT2D eigenvalue weighted by Crippen LogP contribution is -2.39. The molecule has 0 saturated carbocycles. The molecule has 1 saturated heterocycles. The maximum absolute atomic E-state index is 12.1. The van der Waals surface area contributed by atoms with Gasteiger partial charge >= 0.3 is 0 Å². The third-order valence-electron chi connectivity index (χ3n) is 5.06. The van der Waals surface area contributed by atoms with Crippen LogP contribution in [-0.4, -0.2) is 47.7 Å². The van der Waals surface area contributed by atoms with Crippen molar-refractivity contribution in [2.45, 2.75) is 99.6 Å². The zero-order valence-electron chi connectivity index (χ0n) is 21.1. The molecule has 8 nitrogen and oxygen atoms in total. The van der Waals surface area contributed by atoms with Crippen LogP contribution in [0.25, 0.3) is 0 Å². The summed E-state index contributed by atoms with van der Waals surface area (Å²) in [5.41, 5.74) is 15.7. The van der Waals surface area contributed by atoms with Gasteiger partial charge in [0.05, 0.1) is 12.1 Å². The minimum atomic E-state index is -0.376.